The van der Waals surface area contributed by atoms with Gasteiger partial charge in [0.25, 0.3) is 0 Å². The van der Waals surface area contributed by atoms with Crippen LogP contribution >= 0.6 is 7.82 Å². The van der Waals surface area contributed by atoms with Crippen molar-refractivity contribution in [1.82, 2.24) is 0 Å². The van der Waals surface area contributed by atoms with Crippen LogP contribution in [-0.4, -0.2) is 49.3 Å². The van der Waals surface area contributed by atoms with E-state index in [4.69, 9.17) is 24.3 Å². The Morgan fingerprint density at radius 2 is 0.912 bits per heavy atom. The van der Waals surface area contributed by atoms with Crippen LogP contribution in [0.1, 0.15) is 206 Å². The number of nitrogens with two attached hydrogens (primary N) is 1. The maximum absolute atomic E-state index is 12.6. The first-order valence-electron chi connectivity index (χ1n) is 23.1. The summed E-state index contributed by atoms with van der Waals surface area (Å²) in [5, 5.41) is 0. The normalized spacial score (nSPS) is 13.7. The number of ether oxygens (including phenoxy) is 2. The van der Waals surface area contributed by atoms with Crippen LogP contribution in [-0.2, 0) is 32.7 Å². The molecule has 0 bridgehead atoms. The molecule has 57 heavy (non-hydrogen) atoms. The number of rotatable bonds is 43. The molecule has 0 fully saturated rings. The second-order valence-corrected chi connectivity index (χ2v) is 16.7. The van der Waals surface area contributed by atoms with Gasteiger partial charge in [-0.25, -0.2) is 4.57 Å². The van der Waals surface area contributed by atoms with Crippen molar-refractivity contribution >= 4 is 19.8 Å². The highest BCUT2D eigenvalue weighted by Gasteiger charge is 2.26. The van der Waals surface area contributed by atoms with Crippen LogP contribution in [0.3, 0.4) is 0 Å². The predicted molar refractivity (Wildman–Crippen MR) is 238 cm³/mol. The minimum Gasteiger partial charge on any atom is -0.462 e. The highest BCUT2D eigenvalue weighted by atomic mass is 31.2. The molecular weight excluding hydrogens is 737 g/mol. The molecule has 0 aromatic rings. The number of allylic oxidation sites excluding steroid dienone is 8. The van der Waals surface area contributed by atoms with E-state index in [1.165, 1.54) is 109 Å². The lowest BCUT2D eigenvalue weighted by molar-refractivity contribution is -0.161. The van der Waals surface area contributed by atoms with Crippen LogP contribution in [0, 0.1) is 0 Å². The Morgan fingerprint density at radius 3 is 1.33 bits per heavy atom. The van der Waals surface area contributed by atoms with E-state index < -0.39 is 26.5 Å². The van der Waals surface area contributed by atoms with Crippen LogP contribution in [0.5, 0.6) is 0 Å². The van der Waals surface area contributed by atoms with Crippen LogP contribution in [0.2, 0.25) is 0 Å². The van der Waals surface area contributed by atoms with Gasteiger partial charge in [0, 0.05) is 19.4 Å². The van der Waals surface area contributed by atoms with E-state index in [1.807, 2.05) is 0 Å². The molecule has 0 radical (unpaired) electrons. The van der Waals surface area contributed by atoms with Gasteiger partial charge in [-0.3, -0.25) is 18.6 Å². The molecule has 0 aliphatic heterocycles. The van der Waals surface area contributed by atoms with Crippen molar-refractivity contribution in [2.75, 3.05) is 26.4 Å². The Bertz CT molecular complexity index is 1080. The molecule has 0 amide bonds. The van der Waals surface area contributed by atoms with Gasteiger partial charge in [0.1, 0.15) is 6.61 Å². The number of carbonyl (C=O) groups excluding carboxylic acids is 2. The van der Waals surface area contributed by atoms with Crippen molar-refractivity contribution < 1.29 is 37.6 Å². The van der Waals surface area contributed by atoms with Crippen molar-refractivity contribution in [2.24, 2.45) is 5.73 Å². The number of carbonyl (C=O) groups is 2. The van der Waals surface area contributed by atoms with Crippen LogP contribution in [0.4, 0.5) is 0 Å². The molecule has 0 spiro atoms. The summed E-state index contributed by atoms with van der Waals surface area (Å²) >= 11 is 0. The number of phosphoric ester groups is 1. The molecule has 0 rings (SSSR count). The molecule has 1 unspecified atom stereocenters. The second-order valence-electron chi connectivity index (χ2n) is 15.3. The first-order valence-corrected chi connectivity index (χ1v) is 24.6. The molecular formula is C47H86NO8P. The standard InChI is InChI=1S/C47H86NO8P/c1-3-5-7-9-11-13-15-17-19-21-22-24-25-27-29-31-33-35-37-39-46(49)53-43-45(44-55-57(51,52)54-42-41-48)56-47(50)40-38-36-34-32-30-28-26-23-20-18-16-14-12-10-8-6-4-2/h11-14,17-20,45H,3-10,15-16,21-44,48H2,1-2H3,(H,51,52)/b13-11+,14-12+,19-17+,20-18+/t45-/m1/s1. The summed E-state index contributed by atoms with van der Waals surface area (Å²) in [6.07, 6.45) is 49.9. The monoisotopic (exact) mass is 824 g/mol. The third-order valence-electron chi connectivity index (χ3n) is 9.69. The Morgan fingerprint density at radius 1 is 0.526 bits per heavy atom. The Balaban J connectivity index is 4.13. The van der Waals surface area contributed by atoms with Gasteiger partial charge in [0.15, 0.2) is 6.10 Å². The van der Waals surface area contributed by atoms with E-state index in [0.717, 1.165) is 64.2 Å². The topological polar surface area (TPSA) is 134 Å². The molecule has 0 heterocycles. The van der Waals surface area contributed by atoms with E-state index >= 15 is 0 Å². The molecule has 0 aromatic heterocycles. The largest absolute Gasteiger partial charge is 0.472 e. The molecule has 0 aliphatic carbocycles. The molecule has 0 saturated carbocycles. The SMILES string of the molecule is CCCCC/C=C/C/C=C/CCCCCCCCCCCC(=O)OC[C@H](COP(=O)(O)OCCN)OC(=O)CCCCCCCCC/C=C/C/C=C/CCCCC. The van der Waals surface area contributed by atoms with E-state index in [9.17, 15) is 19.0 Å². The third kappa shape index (κ3) is 43.4. The highest BCUT2D eigenvalue weighted by molar-refractivity contribution is 7.47. The fourth-order valence-corrected chi connectivity index (χ4v) is 6.99. The van der Waals surface area contributed by atoms with E-state index in [0.29, 0.717) is 6.42 Å². The maximum Gasteiger partial charge on any atom is 0.472 e. The van der Waals surface area contributed by atoms with Crippen molar-refractivity contribution in [2.45, 2.75) is 213 Å². The first kappa shape index (κ1) is 55.0. The zero-order valence-electron chi connectivity index (χ0n) is 36.6. The van der Waals surface area contributed by atoms with Gasteiger partial charge in [-0.15, -0.1) is 0 Å². The minimum absolute atomic E-state index is 0.0502. The summed E-state index contributed by atoms with van der Waals surface area (Å²) < 4.78 is 32.8. The molecule has 0 aliphatic rings. The van der Waals surface area contributed by atoms with E-state index in [-0.39, 0.29) is 38.6 Å². The van der Waals surface area contributed by atoms with E-state index in [2.05, 4.69) is 62.5 Å². The summed E-state index contributed by atoms with van der Waals surface area (Å²) in [4.78, 5) is 34.9. The fraction of sp³-hybridized carbons (Fsp3) is 0.787. The fourth-order valence-electron chi connectivity index (χ4n) is 6.22. The van der Waals surface area contributed by atoms with Gasteiger partial charge >= 0.3 is 19.8 Å². The number of hydrogen-bond acceptors (Lipinski definition) is 8. The summed E-state index contributed by atoms with van der Waals surface area (Å²) in [5.41, 5.74) is 5.35. The predicted octanol–water partition coefficient (Wildman–Crippen LogP) is 13.5. The minimum atomic E-state index is -4.38. The number of unbranched alkanes of at least 4 members (excludes halogenated alkanes) is 22. The summed E-state index contributed by atoms with van der Waals surface area (Å²) in [7, 11) is -4.38. The van der Waals surface area contributed by atoms with E-state index in [1.54, 1.807) is 0 Å². The number of hydrogen-bond donors (Lipinski definition) is 2. The van der Waals surface area contributed by atoms with Gasteiger partial charge in [0.2, 0.25) is 0 Å². The van der Waals surface area contributed by atoms with Crippen LogP contribution in [0.15, 0.2) is 48.6 Å². The molecule has 0 saturated heterocycles. The lowest BCUT2D eigenvalue weighted by Gasteiger charge is -2.19. The lowest BCUT2D eigenvalue weighted by Crippen LogP contribution is -2.29. The molecule has 332 valence electrons. The smallest absolute Gasteiger partial charge is 0.462 e. The van der Waals surface area contributed by atoms with Gasteiger partial charge < -0.3 is 20.1 Å². The van der Waals surface area contributed by atoms with Crippen molar-refractivity contribution in [1.29, 1.82) is 0 Å². The third-order valence-corrected chi connectivity index (χ3v) is 10.7. The average molecular weight is 824 g/mol. The van der Waals surface area contributed by atoms with Gasteiger partial charge in [0.05, 0.1) is 13.2 Å². The Kier molecular flexibility index (Phi) is 42.0. The second kappa shape index (κ2) is 43.5. The highest BCUT2D eigenvalue weighted by Crippen LogP contribution is 2.43. The lowest BCUT2D eigenvalue weighted by atomic mass is 10.1. The number of phosphoric acid groups is 1. The summed E-state index contributed by atoms with van der Waals surface area (Å²) in [6, 6.07) is 0. The van der Waals surface area contributed by atoms with Gasteiger partial charge in [-0.2, -0.15) is 0 Å². The maximum atomic E-state index is 12.6. The molecule has 3 N–H and O–H groups in total. The Labute approximate surface area is 349 Å². The van der Waals surface area contributed by atoms with Gasteiger partial charge in [-0.05, 0) is 77.0 Å². The quantitative estimate of drug-likeness (QED) is 0.0267. The first-order chi connectivity index (χ1) is 27.8. The number of esters is 2. The molecule has 2 atom stereocenters. The average Bonchev–Trinajstić information content (AvgIpc) is 3.20. The van der Waals surface area contributed by atoms with Crippen LogP contribution < -0.4 is 5.73 Å². The van der Waals surface area contributed by atoms with Crippen molar-refractivity contribution in [3.8, 4) is 0 Å². The Hall–Kier alpha value is -2.03. The molecule has 10 heteroatoms. The zero-order chi connectivity index (χ0) is 41.8. The van der Waals surface area contributed by atoms with Crippen molar-refractivity contribution in [3.05, 3.63) is 48.6 Å². The summed E-state index contributed by atoms with van der Waals surface area (Å²) in [5.74, 6) is -0.841. The molecule has 9 nitrogen and oxygen atoms in total. The van der Waals surface area contributed by atoms with Crippen molar-refractivity contribution in [3.63, 3.8) is 0 Å². The van der Waals surface area contributed by atoms with Gasteiger partial charge in [-0.1, -0.05) is 165 Å². The van der Waals surface area contributed by atoms with Crippen LogP contribution in [0.25, 0.3) is 0 Å². The summed E-state index contributed by atoms with van der Waals surface area (Å²) in [6.45, 7) is 3.68. The molecule has 0 aromatic carbocycles. The zero-order valence-corrected chi connectivity index (χ0v) is 37.5.